The number of halogens is 4. The summed E-state index contributed by atoms with van der Waals surface area (Å²) in [5, 5.41) is -0.909. The predicted octanol–water partition coefficient (Wildman–Crippen LogP) is 5.40. The first kappa shape index (κ1) is 13.5. The van der Waals surface area contributed by atoms with Crippen molar-refractivity contribution in [1.82, 2.24) is 0 Å². The van der Waals surface area contributed by atoms with Gasteiger partial charge in [-0.3, -0.25) is 4.57 Å². The van der Waals surface area contributed by atoms with Gasteiger partial charge in [0, 0.05) is 4.91 Å². The van der Waals surface area contributed by atoms with E-state index in [1.165, 1.54) is 0 Å². The molecule has 0 radical (unpaired) electrons. The Bertz CT molecular complexity index is 232. The van der Waals surface area contributed by atoms with Crippen LogP contribution in [0, 0.1) is 0 Å². The lowest BCUT2D eigenvalue weighted by atomic mass is 10.3. The molecule has 0 aromatic carbocycles. The zero-order chi connectivity index (χ0) is 9.94. The van der Waals surface area contributed by atoms with E-state index >= 15 is 0 Å². The molecule has 72 valence electrons. The van der Waals surface area contributed by atoms with Crippen molar-refractivity contribution in [2.75, 3.05) is 0 Å². The molecule has 0 rings (SSSR count). The minimum atomic E-state index is -3.34. The third-order valence-electron chi connectivity index (χ3n) is 1.06. The van der Waals surface area contributed by atoms with Gasteiger partial charge in [-0.15, -0.1) is 11.6 Å². The zero-order valence-corrected chi connectivity index (χ0v) is 11.1. The molecule has 0 saturated heterocycles. The fraction of sp³-hybridized carbons (Fsp3) is 0.600. The highest BCUT2D eigenvalue weighted by molar-refractivity contribution is 8.25. The van der Waals surface area contributed by atoms with Crippen LogP contribution in [0.2, 0.25) is 0 Å². The summed E-state index contributed by atoms with van der Waals surface area (Å²) in [6.45, 7) is 3.59. The van der Waals surface area contributed by atoms with E-state index in [0.29, 0.717) is 4.91 Å². The molecule has 0 aliphatic carbocycles. The Morgan fingerprint density at radius 1 is 1.42 bits per heavy atom. The summed E-state index contributed by atoms with van der Waals surface area (Å²) in [5.41, 5.74) is 0.858. The van der Waals surface area contributed by atoms with Gasteiger partial charge in [0.15, 0.2) is 0 Å². The number of hydrogen-bond acceptors (Lipinski definition) is 2. The van der Waals surface area contributed by atoms with E-state index in [2.05, 4.69) is 0 Å². The van der Waals surface area contributed by atoms with Crippen molar-refractivity contribution in [2.24, 2.45) is 0 Å². The molecule has 1 nitrogen and oxygen atoms in total. The molecule has 0 spiro atoms. The fourth-order valence-corrected chi connectivity index (χ4v) is 4.19. The highest BCUT2D eigenvalue weighted by atomic mass is 35.9. The van der Waals surface area contributed by atoms with Gasteiger partial charge in [0.2, 0.25) is 0 Å². The number of hydrogen-bond donors (Lipinski definition) is 0. The average Bonchev–Trinajstić information content (AvgIpc) is 1.86. The molecular weight excluding hydrogens is 281 g/mol. The van der Waals surface area contributed by atoms with Crippen molar-refractivity contribution < 1.29 is 4.57 Å². The van der Waals surface area contributed by atoms with E-state index in [1.54, 1.807) is 13.8 Å². The van der Waals surface area contributed by atoms with Crippen LogP contribution in [-0.4, -0.2) is 5.12 Å². The molecule has 0 fully saturated rings. The largest absolute Gasteiger partial charge is 0.287 e. The Balaban J connectivity index is 4.80. The molecule has 0 aromatic rings. The topological polar surface area (TPSA) is 17.1 Å². The first-order valence-electron chi connectivity index (χ1n) is 2.89. The summed E-state index contributed by atoms with van der Waals surface area (Å²) in [5.74, 6) is -3.34. The van der Waals surface area contributed by atoms with E-state index in [0.717, 1.165) is 16.5 Å². The van der Waals surface area contributed by atoms with E-state index in [1.807, 2.05) is 0 Å². The molecule has 1 unspecified atom stereocenters. The molecule has 0 heterocycles. The molecule has 0 aliphatic heterocycles. The van der Waals surface area contributed by atoms with E-state index in [4.69, 9.17) is 44.8 Å². The van der Waals surface area contributed by atoms with Gasteiger partial charge in [0.25, 0.3) is 5.85 Å². The number of rotatable bonds is 3. The van der Waals surface area contributed by atoms with Crippen LogP contribution in [-0.2, 0) is 4.57 Å². The quantitative estimate of drug-likeness (QED) is 0.510. The summed E-state index contributed by atoms with van der Waals surface area (Å²) in [4.78, 5) is 0.548. The second kappa shape index (κ2) is 5.38. The van der Waals surface area contributed by atoms with Crippen molar-refractivity contribution in [1.29, 1.82) is 0 Å². The zero-order valence-electron chi connectivity index (χ0n) is 6.35. The smallest absolute Gasteiger partial charge is 0.275 e. The van der Waals surface area contributed by atoms with Crippen molar-refractivity contribution in [3.63, 3.8) is 0 Å². The maximum Gasteiger partial charge on any atom is 0.275 e. The molecule has 0 aromatic heterocycles. The third-order valence-corrected chi connectivity index (χ3v) is 6.27. The van der Waals surface area contributed by atoms with Crippen LogP contribution in [0.25, 0.3) is 0 Å². The number of alkyl halides is 1. The lowest BCUT2D eigenvalue weighted by molar-refractivity contribution is 0.592. The van der Waals surface area contributed by atoms with Gasteiger partial charge in [0.1, 0.15) is 5.12 Å². The van der Waals surface area contributed by atoms with Gasteiger partial charge < -0.3 is 0 Å². The second-order valence-corrected chi connectivity index (χ2v) is 9.13. The maximum absolute atomic E-state index is 11.1. The van der Waals surface area contributed by atoms with Crippen LogP contribution in [0.3, 0.4) is 0 Å². The van der Waals surface area contributed by atoms with Crippen LogP contribution in [0.4, 0.5) is 0 Å². The Kier molecular flexibility index (Phi) is 6.05. The predicted molar refractivity (Wildman–Crippen MR) is 60.8 cm³/mol. The van der Waals surface area contributed by atoms with Gasteiger partial charge in [-0.1, -0.05) is 5.57 Å². The van der Waals surface area contributed by atoms with E-state index < -0.39 is 11.0 Å². The minimum Gasteiger partial charge on any atom is -0.287 e. The van der Waals surface area contributed by atoms with Crippen LogP contribution in [0.15, 0.2) is 10.5 Å². The van der Waals surface area contributed by atoms with Gasteiger partial charge in [-0.05, 0) is 58.0 Å². The van der Waals surface area contributed by atoms with Gasteiger partial charge >= 0.3 is 0 Å². The molecule has 12 heavy (non-hydrogen) atoms. The maximum atomic E-state index is 11.1. The minimum absolute atomic E-state index is 0.548. The Morgan fingerprint density at radius 2 is 1.83 bits per heavy atom. The monoisotopic (exact) mass is 286 g/mol. The standard InChI is InChI=1S/C5H7Cl4OPS/c1-3(2)4(12-9)5(6)11(7,8)10/h5H,1-2H3. The van der Waals surface area contributed by atoms with Crippen LogP contribution >= 0.6 is 61.6 Å². The first-order chi connectivity index (χ1) is 5.30. The lowest BCUT2D eigenvalue weighted by Gasteiger charge is -2.12. The molecule has 0 aliphatic rings. The molecule has 0 N–H and O–H groups in total. The molecule has 1 atom stereocenters. The molecule has 0 bridgehead atoms. The van der Waals surface area contributed by atoms with Crippen LogP contribution in [0.5, 0.6) is 0 Å². The summed E-state index contributed by atoms with van der Waals surface area (Å²) in [6, 6.07) is 0. The normalized spacial score (nSPS) is 14.2. The SMILES string of the molecule is CC(C)=C(SCl)C(Cl)P(=O)(Cl)Cl. The highest BCUT2D eigenvalue weighted by Crippen LogP contribution is 2.66. The second-order valence-electron chi connectivity index (χ2n) is 2.28. The number of allylic oxidation sites excluding steroid dienone is 2. The first-order valence-corrected chi connectivity index (χ1v) is 8.56. The van der Waals surface area contributed by atoms with Crippen molar-refractivity contribution >= 4 is 61.6 Å². The summed E-state index contributed by atoms with van der Waals surface area (Å²) >= 11 is 16.5. The Morgan fingerprint density at radius 3 is 1.92 bits per heavy atom. The van der Waals surface area contributed by atoms with Crippen LogP contribution < -0.4 is 0 Å². The Hall–Kier alpha value is 1.48. The molecular formula is C5H7Cl4OPS. The molecule has 7 heteroatoms. The third kappa shape index (κ3) is 4.13. The summed E-state index contributed by atoms with van der Waals surface area (Å²) in [7, 11) is 6.39. The summed E-state index contributed by atoms with van der Waals surface area (Å²) < 4.78 is 11.1. The van der Waals surface area contributed by atoms with Gasteiger partial charge in [0.05, 0.1) is 0 Å². The van der Waals surface area contributed by atoms with Crippen molar-refractivity contribution in [2.45, 2.75) is 19.0 Å². The van der Waals surface area contributed by atoms with Gasteiger partial charge in [-0.25, -0.2) is 0 Å². The van der Waals surface area contributed by atoms with E-state index in [9.17, 15) is 4.57 Å². The molecule has 0 amide bonds. The van der Waals surface area contributed by atoms with Gasteiger partial charge in [-0.2, -0.15) is 0 Å². The highest BCUT2D eigenvalue weighted by Gasteiger charge is 2.30. The average molecular weight is 288 g/mol. The molecule has 0 saturated carbocycles. The van der Waals surface area contributed by atoms with Crippen LogP contribution in [0.1, 0.15) is 13.8 Å². The van der Waals surface area contributed by atoms with Crippen molar-refractivity contribution in [3.05, 3.63) is 10.5 Å². The fourth-order valence-electron chi connectivity index (χ4n) is 0.489. The van der Waals surface area contributed by atoms with E-state index in [-0.39, 0.29) is 0 Å². The van der Waals surface area contributed by atoms with Crippen molar-refractivity contribution in [3.8, 4) is 0 Å². The lowest BCUT2D eigenvalue weighted by Crippen LogP contribution is -1.95. The Labute approximate surface area is 95.2 Å². The summed E-state index contributed by atoms with van der Waals surface area (Å²) in [6.07, 6.45) is 0.